The van der Waals surface area contributed by atoms with E-state index in [-0.39, 0.29) is 36.5 Å². The molecular weight excluding hydrogens is 341 g/mol. The molecule has 0 heterocycles. The van der Waals surface area contributed by atoms with Crippen molar-refractivity contribution in [3.05, 3.63) is 35.4 Å². The van der Waals surface area contributed by atoms with Crippen molar-refractivity contribution < 1.29 is 18.0 Å². The number of nitrogens with two attached hydrogens (primary N) is 1. The molecule has 0 aromatic heterocycles. The van der Waals surface area contributed by atoms with Crippen LogP contribution in [0.15, 0.2) is 24.3 Å². The average Bonchev–Trinajstić information content (AvgIpc) is 3.03. The first-order chi connectivity index (χ1) is 10.9. The van der Waals surface area contributed by atoms with Gasteiger partial charge in [-0.05, 0) is 37.4 Å². The molecule has 1 fully saturated rings. The number of alkyl halides is 3. The van der Waals surface area contributed by atoms with Crippen molar-refractivity contribution in [3.63, 3.8) is 0 Å². The zero-order valence-electron chi connectivity index (χ0n) is 13.5. The smallest absolute Gasteiger partial charge is 0.335 e. The molecule has 2 N–H and O–H groups in total. The molecule has 0 saturated heterocycles. The van der Waals surface area contributed by atoms with Crippen LogP contribution in [0.1, 0.15) is 49.7 Å². The van der Waals surface area contributed by atoms with Crippen molar-refractivity contribution in [1.29, 1.82) is 0 Å². The van der Waals surface area contributed by atoms with E-state index in [2.05, 4.69) is 0 Å². The Balaban J connectivity index is 0.00000288. The molecule has 3 nitrogen and oxygen atoms in total. The molecular formula is C17H24ClF3N2O. The fourth-order valence-corrected chi connectivity index (χ4v) is 3.15. The Bertz CT molecular complexity index is 531. The third-order valence-electron chi connectivity index (χ3n) is 4.34. The van der Waals surface area contributed by atoms with Crippen LogP contribution < -0.4 is 5.73 Å². The monoisotopic (exact) mass is 364 g/mol. The third kappa shape index (κ3) is 5.38. The molecule has 1 aliphatic rings. The summed E-state index contributed by atoms with van der Waals surface area (Å²) in [4.78, 5) is 14.1. The molecule has 1 aromatic rings. The number of carbonyl (C=O) groups is 1. The quantitative estimate of drug-likeness (QED) is 0.824. The van der Waals surface area contributed by atoms with Crippen molar-refractivity contribution in [1.82, 2.24) is 4.90 Å². The summed E-state index contributed by atoms with van der Waals surface area (Å²) in [5.74, 6) is -0.0978. The fourth-order valence-electron chi connectivity index (χ4n) is 3.15. The van der Waals surface area contributed by atoms with Gasteiger partial charge in [-0.3, -0.25) is 4.79 Å². The summed E-state index contributed by atoms with van der Waals surface area (Å²) in [5.41, 5.74) is 4.95. The molecule has 0 spiro atoms. The number of benzene rings is 1. The molecule has 0 aliphatic heterocycles. The number of hydrogen-bond donors (Lipinski definition) is 1. The predicted octanol–water partition coefficient (Wildman–Crippen LogP) is 4.14. The number of hydrogen-bond acceptors (Lipinski definition) is 2. The van der Waals surface area contributed by atoms with Gasteiger partial charge in [-0.15, -0.1) is 12.4 Å². The zero-order valence-corrected chi connectivity index (χ0v) is 14.3. The minimum atomic E-state index is -4.40. The Labute approximate surface area is 146 Å². The fraction of sp³-hybridized carbons (Fsp3) is 0.588. The summed E-state index contributed by atoms with van der Waals surface area (Å²) in [5, 5.41) is 0. The van der Waals surface area contributed by atoms with Crippen molar-refractivity contribution in [2.75, 3.05) is 6.54 Å². The van der Waals surface area contributed by atoms with Gasteiger partial charge in [0, 0.05) is 19.0 Å². The van der Waals surface area contributed by atoms with E-state index in [1.807, 2.05) is 0 Å². The van der Waals surface area contributed by atoms with E-state index in [4.69, 9.17) is 5.73 Å². The second-order valence-electron chi connectivity index (χ2n) is 6.01. The van der Waals surface area contributed by atoms with Crippen molar-refractivity contribution >= 4 is 18.3 Å². The molecule has 2 rings (SSSR count). The van der Waals surface area contributed by atoms with Crippen molar-refractivity contribution in [2.24, 2.45) is 5.73 Å². The van der Waals surface area contributed by atoms with E-state index in [0.29, 0.717) is 19.4 Å². The SMILES string of the molecule is Cl.NCCCC(=O)N(Cc1ccccc1C(F)(F)F)C1CCCC1. The summed E-state index contributed by atoms with van der Waals surface area (Å²) in [6.45, 7) is 0.424. The molecule has 1 saturated carbocycles. The average molecular weight is 365 g/mol. The van der Waals surface area contributed by atoms with E-state index in [1.165, 1.54) is 12.1 Å². The molecule has 7 heteroatoms. The number of nitrogens with zero attached hydrogens (tertiary/aromatic N) is 1. The highest BCUT2D eigenvalue weighted by atomic mass is 35.5. The number of carbonyl (C=O) groups excluding carboxylic acids is 1. The largest absolute Gasteiger partial charge is 0.416 e. The lowest BCUT2D eigenvalue weighted by molar-refractivity contribution is -0.140. The van der Waals surface area contributed by atoms with Gasteiger partial charge in [0.25, 0.3) is 0 Å². The van der Waals surface area contributed by atoms with Crippen LogP contribution >= 0.6 is 12.4 Å². The molecule has 0 bridgehead atoms. The molecule has 0 unspecified atom stereocenters. The first-order valence-corrected chi connectivity index (χ1v) is 8.08. The summed E-state index contributed by atoms with van der Waals surface area (Å²) in [6.07, 6.45) is 0.214. The van der Waals surface area contributed by atoms with Gasteiger partial charge in [-0.2, -0.15) is 13.2 Å². The number of halogens is 4. The molecule has 0 atom stereocenters. The van der Waals surface area contributed by atoms with Crippen LogP contribution in [0.25, 0.3) is 0 Å². The standard InChI is InChI=1S/C17H23F3N2O.ClH/c18-17(19,20)15-9-4-1-6-13(15)12-22(14-7-2-3-8-14)16(23)10-5-11-21;/h1,4,6,9,14H,2-3,5,7-8,10-12,21H2;1H. The van der Waals surface area contributed by atoms with Crippen LogP contribution in [0.3, 0.4) is 0 Å². The van der Waals surface area contributed by atoms with Crippen LogP contribution in [-0.4, -0.2) is 23.4 Å². The van der Waals surface area contributed by atoms with Gasteiger partial charge in [-0.1, -0.05) is 31.0 Å². The first-order valence-electron chi connectivity index (χ1n) is 8.08. The van der Waals surface area contributed by atoms with E-state index in [1.54, 1.807) is 11.0 Å². The van der Waals surface area contributed by atoms with Gasteiger partial charge in [0.2, 0.25) is 5.91 Å². The Morgan fingerprint density at radius 1 is 1.21 bits per heavy atom. The number of amides is 1. The van der Waals surface area contributed by atoms with Crippen LogP contribution in [0.2, 0.25) is 0 Å². The third-order valence-corrected chi connectivity index (χ3v) is 4.34. The summed E-state index contributed by atoms with van der Waals surface area (Å²) in [6, 6.07) is 5.54. The molecule has 24 heavy (non-hydrogen) atoms. The summed E-state index contributed by atoms with van der Waals surface area (Å²) < 4.78 is 39.5. The Kier molecular flexibility index (Phi) is 8.03. The molecule has 136 valence electrons. The van der Waals surface area contributed by atoms with Crippen LogP contribution in [-0.2, 0) is 17.5 Å². The van der Waals surface area contributed by atoms with Crippen molar-refractivity contribution in [3.8, 4) is 0 Å². The first kappa shape index (κ1) is 20.8. The molecule has 1 aromatic carbocycles. The van der Waals surface area contributed by atoms with Gasteiger partial charge in [-0.25, -0.2) is 0 Å². The minimum Gasteiger partial charge on any atom is -0.335 e. The lowest BCUT2D eigenvalue weighted by atomic mass is 10.0. The van der Waals surface area contributed by atoms with Gasteiger partial charge >= 0.3 is 6.18 Å². The normalized spacial score (nSPS) is 15.2. The maximum atomic E-state index is 13.2. The highest BCUT2D eigenvalue weighted by Crippen LogP contribution is 2.34. The maximum absolute atomic E-state index is 13.2. The van der Waals surface area contributed by atoms with E-state index in [9.17, 15) is 18.0 Å². The Morgan fingerprint density at radius 3 is 2.42 bits per heavy atom. The number of rotatable bonds is 6. The van der Waals surface area contributed by atoms with Crippen LogP contribution in [0, 0.1) is 0 Å². The maximum Gasteiger partial charge on any atom is 0.416 e. The zero-order chi connectivity index (χ0) is 16.9. The van der Waals surface area contributed by atoms with E-state index < -0.39 is 11.7 Å². The summed E-state index contributed by atoms with van der Waals surface area (Å²) >= 11 is 0. The summed E-state index contributed by atoms with van der Waals surface area (Å²) in [7, 11) is 0. The topological polar surface area (TPSA) is 46.3 Å². The van der Waals surface area contributed by atoms with Crippen LogP contribution in [0.5, 0.6) is 0 Å². The Hall–Kier alpha value is -1.27. The lowest BCUT2D eigenvalue weighted by Gasteiger charge is -2.30. The molecule has 1 amide bonds. The van der Waals surface area contributed by atoms with Gasteiger partial charge in [0.15, 0.2) is 0 Å². The highest BCUT2D eigenvalue weighted by molar-refractivity contribution is 5.85. The van der Waals surface area contributed by atoms with Gasteiger partial charge in [0.05, 0.1) is 5.56 Å². The van der Waals surface area contributed by atoms with Crippen molar-refractivity contribution in [2.45, 2.75) is 57.3 Å². The second kappa shape index (κ2) is 9.28. The predicted molar refractivity (Wildman–Crippen MR) is 89.8 cm³/mol. The minimum absolute atomic E-state index is 0. The van der Waals surface area contributed by atoms with E-state index in [0.717, 1.165) is 31.7 Å². The Morgan fingerprint density at radius 2 is 1.83 bits per heavy atom. The van der Waals surface area contributed by atoms with Gasteiger partial charge < -0.3 is 10.6 Å². The van der Waals surface area contributed by atoms with Crippen LogP contribution in [0.4, 0.5) is 13.2 Å². The molecule has 1 aliphatic carbocycles. The van der Waals surface area contributed by atoms with Gasteiger partial charge in [0.1, 0.15) is 0 Å². The highest BCUT2D eigenvalue weighted by Gasteiger charge is 2.34. The lowest BCUT2D eigenvalue weighted by Crippen LogP contribution is -2.38. The molecule has 0 radical (unpaired) electrons. The second-order valence-corrected chi connectivity index (χ2v) is 6.01. The van der Waals surface area contributed by atoms with E-state index >= 15 is 0 Å².